The van der Waals surface area contributed by atoms with Crippen molar-refractivity contribution >= 4 is 23.0 Å². The van der Waals surface area contributed by atoms with Crippen LogP contribution < -0.4 is 19.7 Å². The molecule has 148 valence electrons. The maximum absolute atomic E-state index is 12.7. The van der Waals surface area contributed by atoms with Crippen molar-refractivity contribution in [3.8, 4) is 11.5 Å². The number of aryl methyl sites for hydroxylation is 1. The average Bonchev–Trinajstić information content (AvgIpc) is 2.78. The summed E-state index contributed by atoms with van der Waals surface area (Å²) in [4.78, 5) is 19.3. The monoisotopic (exact) mass is 389 g/mol. The van der Waals surface area contributed by atoms with Crippen LogP contribution in [0.25, 0.3) is 0 Å². The quantitative estimate of drug-likeness (QED) is 0.699. The van der Waals surface area contributed by atoms with E-state index < -0.39 is 0 Å². The number of carbonyl (C=O) groups is 1. The van der Waals surface area contributed by atoms with E-state index in [0.29, 0.717) is 22.9 Å². The van der Waals surface area contributed by atoms with E-state index in [0.717, 1.165) is 25.1 Å². The van der Waals surface area contributed by atoms with Gasteiger partial charge < -0.3 is 19.7 Å². The Morgan fingerprint density at radius 3 is 2.69 bits per heavy atom. The summed E-state index contributed by atoms with van der Waals surface area (Å²) >= 11 is 0. The third-order valence-electron chi connectivity index (χ3n) is 5.06. The molecule has 0 fully saturated rings. The van der Waals surface area contributed by atoms with E-state index in [-0.39, 0.29) is 5.91 Å². The first kappa shape index (κ1) is 18.8. The lowest BCUT2D eigenvalue weighted by Crippen LogP contribution is -2.24. The van der Waals surface area contributed by atoms with Crippen LogP contribution in [0.15, 0.2) is 60.8 Å². The second-order valence-electron chi connectivity index (χ2n) is 6.81. The number of hydrogen-bond acceptors (Lipinski definition) is 5. The summed E-state index contributed by atoms with van der Waals surface area (Å²) in [6, 6.07) is 17.3. The summed E-state index contributed by atoms with van der Waals surface area (Å²) in [6.07, 6.45) is 3.93. The summed E-state index contributed by atoms with van der Waals surface area (Å²) in [5.74, 6) is 0.885. The van der Waals surface area contributed by atoms with Crippen LogP contribution in [0.3, 0.4) is 0 Å². The first-order chi connectivity index (χ1) is 14.2. The average molecular weight is 389 g/mol. The molecule has 0 spiro atoms. The van der Waals surface area contributed by atoms with Gasteiger partial charge in [0.2, 0.25) is 0 Å². The van der Waals surface area contributed by atoms with Crippen LogP contribution >= 0.6 is 0 Å². The lowest BCUT2D eigenvalue weighted by atomic mass is 10.0. The van der Waals surface area contributed by atoms with Crippen molar-refractivity contribution < 1.29 is 14.3 Å². The van der Waals surface area contributed by atoms with Gasteiger partial charge in [0.15, 0.2) is 0 Å². The van der Waals surface area contributed by atoms with Crippen molar-refractivity contribution in [1.82, 2.24) is 4.98 Å². The molecule has 2 aromatic carbocycles. The largest absolute Gasteiger partial charge is 0.497 e. The van der Waals surface area contributed by atoms with Gasteiger partial charge in [-0.1, -0.05) is 18.2 Å². The van der Waals surface area contributed by atoms with Crippen LogP contribution in [0, 0.1) is 0 Å². The number of aromatic nitrogens is 1. The Hall–Kier alpha value is -3.54. The molecule has 0 unspecified atom stereocenters. The number of hydrogen-bond donors (Lipinski definition) is 1. The number of methoxy groups -OCH3 is 2. The summed E-state index contributed by atoms with van der Waals surface area (Å²) < 4.78 is 10.5. The highest BCUT2D eigenvalue weighted by Crippen LogP contribution is 2.33. The number of amides is 1. The highest BCUT2D eigenvalue weighted by molar-refractivity contribution is 6.04. The van der Waals surface area contributed by atoms with Gasteiger partial charge in [-0.05, 0) is 48.7 Å². The number of rotatable bonds is 5. The molecule has 2 heterocycles. The highest BCUT2D eigenvalue weighted by atomic mass is 16.5. The van der Waals surface area contributed by atoms with Crippen LogP contribution in [0.1, 0.15) is 22.5 Å². The van der Waals surface area contributed by atoms with Gasteiger partial charge in [0, 0.05) is 18.3 Å². The lowest BCUT2D eigenvalue weighted by Gasteiger charge is -2.31. The van der Waals surface area contributed by atoms with Gasteiger partial charge in [0.25, 0.3) is 5.91 Å². The van der Waals surface area contributed by atoms with Crippen LogP contribution in [0.5, 0.6) is 11.5 Å². The molecule has 1 aromatic heterocycles. The molecule has 1 aliphatic heterocycles. The van der Waals surface area contributed by atoms with Crippen LogP contribution in [-0.2, 0) is 6.42 Å². The van der Waals surface area contributed by atoms with Gasteiger partial charge >= 0.3 is 0 Å². The summed E-state index contributed by atoms with van der Waals surface area (Å²) in [5.41, 5.74) is 4.40. The molecule has 0 saturated heterocycles. The Balaban J connectivity index is 1.54. The molecule has 6 heteroatoms. The van der Waals surface area contributed by atoms with Crippen molar-refractivity contribution in [3.05, 3.63) is 72.1 Å². The second kappa shape index (κ2) is 8.22. The fraction of sp³-hybridized carbons (Fsp3) is 0.217. The van der Waals surface area contributed by atoms with Crippen molar-refractivity contribution in [1.29, 1.82) is 0 Å². The molecule has 1 N–H and O–H groups in total. The number of carbonyl (C=O) groups excluding carboxylic acids is 1. The maximum Gasteiger partial charge on any atom is 0.274 e. The molecule has 0 radical (unpaired) electrons. The number of nitrogens with zero attached hydrogens (tertiary/aromatic N) is 2. The molecule has 0 bridgehead atoms. The summed E-state index contributed by atoms with van der Waals surface area (Å²) in [5, 5.41) is 2.85. The molecule has 3 aromatic rings. The predicted octanol–water partition coefficient (Wildman–Crippen LogP) is 4.44. The Morgan fingerprint density at radius 2 is 1.93 bits per heavy atom. The number of anilines is 3. The van der Waals surface area contributed by atoms with E-state index in [2.05, 4.69) is 33.4 Å². The molecule has 0 saturated carbocycles. The topological polar surface area (TPSA) is 63.7 Å². The fourth-order valence-electron chi connectivity index (χ4n) is 3.58. The number of ether oxygens (including phenoxy) is 2. The third-order valence-corrected chi connectivity index (χ3v) is 5.06. The van der Waals surface area contributed by atoms with Crippen molar-refractivity contribution in [3.63, 3.8) is 0 Å². The van der Waals surface area contributed by atoms with E-state index in [1.807, 2.05) is 12.1 Å². The van der Waals surface area contributed by atoms with Gasteiger partial charge in [-0.2, -0.15) is 0 Å². The molecule has 29 heavy (non-hydrogen) atoms. The van der Waals surface area contributed by atoms with Gasteiger partial charge in [-0.3, -0.25) is 4.79 Å². The first-order valence-electron chi connectivity index (χ1n) is 9.54. The molecular formula is C23H23N3O3. The Labute approximate surface area is 170 Å². The minimum absolute atomic E-state index is 0.304. The van der Waals surface area contributed by atoms with E-state index in [9.17, 15) is 4.79 Å². The summed E-state index contributed by atoms with van der Waals surface area (Å²) in [6.45, 7) is 0.936. The van der Waals surface area contributed by atoms with E-state index >= 15 is 0 Å². The lowest BCUT2D eigenvalue weighted by molar-refractivity contribution is 0.102. The zero-order chi connectivity index (χ0) is 20.2. The van der Waals surface area contributed by atoms with E-state index in [1.165, 1.54) is 11.3 Å². The molecule has 0 atom stereocenters. The fourth-order valence-corrected chi connectivity index (χ4v) is 3.58. The number of nitrogens with one attached hydrogen (secondary N) is 1. The number of fused-ring (bicyclic) bond motifs is 1. The Kier molecular flexibility index (Phi) is 5.33. The maximum atomic E-state index is 12.7. The van der Waals surface area contributed by atoms with Crippen molar-refractivity contribution in [2.45, 2.75) is 12.8 Å². The van der Waals surface area contributed by atoms with E-state index in [4.69, 9.17) is 9.47 Å². The van der Waals surface area contributed by atoms with E-state index in [1.54, 1.807) is 44.7 Å². The minimum atomic E-state index is -0.304. The van der Waals surface area contributed by atoms with Crippen molar-refractivity contribution in [2.24, 2.45) is 0 Å². The van der Waals surface area contributed by atoms with Gasteiger partial charge in [-0.15, -0.1) is 0 Å². The van der Waals surface area contributed by atoms with Crippen LogP contribution in [-0.4, -0.2) is 31.7 Å². The standard InChI is InChI=1S/C23H23N3O3/c1-28-18-10-12-22(29-2)20(14-18)25-23(27)19-11-9-17(15-24-19)26-13-5-7-16-6-3-4-8-21(16)26/h3-4,6,8-12,14-15H,5,7,13H2,1-2H3,(H,25,27). The van der Waals surface area contributed by atoms with Crippen LogP contribution in [0.2, 0.25) is 0 Å². The zero-order valence-electron chi connectivity index (χ0n) is 16.5. The van der Waals surface area contributed by atoms with Gasteiger partial charge in [0.05, 0.1) is 31.8 Å². The molecular weight excluding hydrogens is 366 g/mol. The number of pyridine rings is 1. The molecule has 4 rings (SSSR count). The SMILES string of the molecule is COc1ccc(OC)c(NC(=O)c2ccc(N3CCCc4ccccc43)cn2)c1. The normalized spacial score (nSPS) is 12.8. The smallest absolute Gasteiger partial charge is 0.274 e. The highest BCUT2D eigenvalue weighted by Gasteiger charge is 2.19. The summed E-state index contributed by atoms with van der Waals surface area (Å²) in [7, 11) is 3.13. The van der Waals surface area contributed by atoms with Crippen molar-refractivity contribution in [2.75, 3.05) is 31.0 Å². The number of para-hydroxylation sites is 1. The number of benzene rings is 2. The minimum Gasteiger partial charge on any atom is -0.497 e. The third kappa shape index (κ3) is 3.87. The first-order valence-corrected chi connectivity index (χ1v) is 9.54. The van der Waals surface area contributed by atoms with Gasteiger partial charge in [-0.25, -0.2) is 4.98 Å². The van der Waals surface area contributed by atoms with Crippen LogP contribution in [0.4, 0.5) is 17.1 Å². The second-order valence-corrected chi connectivity index (χ2v) is 6.81. The molecule has 6 nitrogen and oxygen atoms in total. The Morgan fingerprint density at radius 1 is 1.07 bits per heavy atom. The predicted molar refractivity (Wildman–Crippen MR) is 114 cm³/mol. The molecule has 1 aliphatic rings. The Bertz CT molecular complexity index is 1020. The van der Waals surface area contributed by atoms with Gasteiger partial charge in [0.1, 0.15) is 17.2 Å². The zero-order valence-corrected chi connectivity index (χ0v) is 16.5. The molecule has 1 amide bonds. The molecule has 0 aliphatic carbocycles.